The van der Waals surface area contributed by atoms with Gasteiger partial charge in [0.25, 0.3) is 5.91 Å². The van der Waals surface area contributed by atoms with Crippen LogP contribution in [0.25, 0.3) is 0 Å². The molecule has 7 heteroatoms. The predicted molar refractivity (Wildman–Crippen MR) is 77.0 cm³/mol. The number of urea groups is 1. The summed E-state index contributed by atoms with van der Waals surface area (Å²) in [5, 5.41) is 2.56. The van der Waals surface area contributed by atoms with Gasteiger partial charge in [0.15, 0.2) is 0 Å². The second-order valence-electron chi connectivity index (χ2n) is 6.10. The first-order chi connectivity index (χ1) is 9.10. The van der Waals surface area contributed by atoms with Crippen molar-refractivity contribution in [2.75, 3.05) is 18.6 Å². The smallest absolute Gasteiger partial charge is 0.324 e. The van der Waals surface area contributed by atoms with Crippen LogP contribution >= 0.6 is 0 Å². The van der Waals surface area contributed by atoms with E-state index in [1.165, 1.54) is 4.90 Å². The summed E-state index contributed by atoms with van der Waals surface area (Å²) >= 11 is 0. The molecule has 0 radical (unpaired) electrons. The fraction of sp³-hybridized carbons (Fsp3) is 0.846. The molecule has 3 amide bonds. The van der Waals surface area contributed by atoms with Crippen molar-refractivity contribution in [1.29, 1.82) is 0 Å². The van der Waals surface area contributed by atoms with E-state index >= 15 is 0 Å². The Kier molecular flexibility index (Phi) is 5.56. The minimum Gasteiger partial charge on any atom is -0.326 e. The van der Waals surface area contributed by atoms with Crippen LogP contribution in [0.15, 0.2) is 0 Å². The number of imide groups is 1. The molecule has 1 N–H and O–H groups in total. The second-order valence-corrected chi connectivity index (χ2v) is 8.36. The largest absolute Gasteiger partial charge is 0.326 e. The van der Waals surface area contributed by atoms with Gasteiger partial charge in [-0.25, -0.2) is 13.2 Å². The Balaban J connectivity index is 2.58. The summed E-state index contributed by atoms with van der Waals surface area (Å²) in [5.41, 5.74) is 0. The molecule has 0 aromatic carbocycles. The Hall–Kier alpha value is -1.11. The number of carbonyl (C=O) groups excluding carboxylic acids is 2. The Labute approximate surface area is 120 Å². The van der Waals surface area contributed by atoms with Crippen LogP contribution in [0.5, 0.6) is 0 Å². The number of amides is 3. The molecule has 0 saturated carbocycles. The zero-order valence-electron chi connectivity index (χ0n) is 12.5. The van der Waals surface area contributed by atoms with Gasteiger partial charge in [0.05, 0.1) is 5.75 Å². The van der Waals surface area contributed by atoms with Gasteiger partial charge in [0.1, 0.15) is 15.9 Å². The highest BCUT2D eigenvalue weighted by Crippen LogP contribution is 2.17. The second kappa shape index (κ2) is 6.56. The maximum atomic E-state index is 12.1. The highest BCUT2D eigenvalue weighted by molar-refractivity contribution is 7.90. The van der Waals surface area contributed by atoms with Crippen LogP contribution < -0.4 is 5.32 Å². The van der Waals surface area contributed by atoms with Crippen molar-refractivity contribution in [3.63, 3.8) is 0 Å². The Bertz CT molecular complexity index is 473. The fourth-order valence-electron chi connectivity index (χ4n) is 2.47. The van der Waals surface area contributed by atoms with Crippen molar-refractivity contribution in [2.24, 2.45) is 11.8 Å². The molecule has 0 aromatic heterocycles. The van der Waals surface area contributed by atoms with Crippen LogP contribution in [0.1, 0.15) is 33.6 Å². The lowest BCUT2D eigenvalue weighted by atomic mass is 9.98. The van der Waals surface area contributed by atoms with Crippen molar-refractivity contribution in [3.05, 3.63) is 0 Å². The summed E-state index contributed by atoms with van der Waals surface area (Å²) in [5.74, 6) is 0.332. The summed E-state index contributed by atoms with van der Waals surface area (Å²) in [6.45, 7) is 6.58. The molecule has 1 rings (SSSR count). The molecule has 2 unspecified atom stereocenters. The summed E-state index contributed by atoms with van der Waals surface area (Å²) in [6.07, 6.45) is 2.19. The minimum absolute atomic E-state index is 0.0981. The average molecular weight is 304 g/mol. The van der Waals surface area contributed by atoms with Gasteiger partial charge in [-0.3, -0.25) is 9.69 Å². The number of rotatable bonds is 7. The molecule has 1 fully saturated rings. The lowest BCUT2D eigenvalue weighted by Crippen LogP contribution is -2.35. The van der Waals surface area contributed by atoms with Crippen LogP contribution in [-0.2, 0) is 14.6 Å². The van der Waals surface area contributed by atoms with Crippen LogP contribution in [0.2, 0.25) is 0 Å². The van der Waals surface area contributed by atoms with E-state index < -0.39 is 21.9 Å². The zero-order chi connectivity index (χ0) is 15.5. The fourth-order valence-corrected chi connectivity index (χ4v) is 3.13. The lowest BCUT2D eigenvalue weighted by molar-refractivity contribution is -0.127. The van der Waals surface area contributed by atoms with Crippen LogP contribution in [0, 0.1) is 11.8 Å². The van der Waals surface area contributed by atoms with Gasteiger partial charge in [0, 0.05) is 12.8 Å². The number of hydrogen-bond donors (Lipinski definition) is 1. The van der Waals surface area contributed by atoms with Gasteiger partial charge in [-0.05, 0) is 24.7 Å². The summed E-state index contributed by atoms with van der Waals surface area (Å²) < 4.78 is 22.2. The molecule has 1 heterocycles. The average Bonchev–Trinajstić information content (AvgIpc) is 2.52. The number of sulfone groups is 1. The minimum atomic E-state index is -3.13. The van der Waals surface area contributed by atoms with Crippen molar-refractivity contribution >= 4 is 21.8 Å². The number of nitrogens with zero attached hydrogens (tertiary/aromatic N) is 1. The van der Waals surface area contributed by atoms with Gasteiger partial charge >= 0.3 is 6.03 Å². The number of hydrogen-bond acceptors (Lipinski definition) is 4. The molecule has 116 valence electrons. The normalized spacial score (nSPS) is 21.4. The molecular weight excluding hydrogens is 280 g/mol. The summed E-state index contributed by atoms with van der Waals surface area (Å²) in [4.78, 5) is 25.1. The van der Waals surface area contributed by atoms with Crippen LogP contribution in [0.3, 0.4) is 0 Å². The van der Waals surface area contributed by atoms with E-state index in [0.717, 1.165) is 12.7 Å². The highest BCUT2D eigenvalue weighted by atomic mass is 32.2. The van der Waals surface area contributed by atoms with E-state index in [-0.39, 0.29) is 24.0 Å². The Morgan fingerprint density at radius 1 is 1.25 bits per heavy atom. The molecule has 0 aromatic rings. The van der Waals surface area contributed by atoms with Crippen molar-refractivity contribution < 1.29 is 18.0 Å². The van der Waals surface area contributed by atoms with Crippen molar-refractivity contribution in [1.82, 2.24) is 10.2 Å². The van der Waals surface area contributed by atoms with Gasteiger partial charge in [-0.2, -0.15) is 0 Å². The van der Waals surface area contributed by atoms with E-state index in [2.05, 4.69) is 19.2 Å². The topological polar surface area (TPSA) is 83.6 Å². The molecule has 6 nitrogen and oxygen atoms in total. The van der Waals surface area contributed by atoms with Crippen molar-refractivity contribution in [3.8, 4) is 0 Å². The van der Waals surface area contributed by atoms with Crippen LogP contribution in [0.4, 0.5) is 4.79 Å². The van der Waals surface area contributed by atoms with Gasteiger partial charge < -0.3 is 5.32 Å². The zero-order valence-corrected chi connectivity index (χ0v) is 13.4. The molecule has 0 spiro atoms. The third kappa shape index (κ3) is 5.11. The highest BCUT2D eigenvalue weighted by Gasteiger charge is 2.38. The van der Waals surface area contributed by atoms with E-state index in [1.54, 1.807) is 0 Å². The molecule has 1 aliphatic rings. The maximum absolute atomic E-state index is 12.1. The standard InChI is InChI=1S/C13H24N2O4S/c1-9(2)7-10(3)8-15-12(16)11(14-13(15)17)5-6-20(4,18)19/h9-11H,5-8H2,1-4H3,(H,14,17). The van der Waals surface area contributed by atoms with E-state index in [4.69, 9.17) is 0 Å². The predicted octanol–water partition coefficient (Wildman–Crippen LogP) is 1.02. The summed E-state index contributed by atoms with van der Waals surface area (Å²) in [7, 11) is -3.13. The first-order valence-electron chi connectivity index (χ1n) is 6.89. The van der Waals surface area contributed by atoms with Gasteiger partial charge in [-0.15, -0.1) is 0 Å². The Morgan fingerprint density at radius 3 is 2.35 bits per heavy atom. The first-order valence-corrected chi connectivity index (χ1v) is 8.95. The third-order valence-electron chi connectivity index (χ3n) is 3.25. The molecular formula is C13H24N2O4S. The lowest BCUT2D eigenvalue weighted by Gasteiger charge is -2.19. The van der Waals surface area contributed by atoms with E-state index in [9.17, 15) is 18.0 Å². The maximum Gasteiger partial charge on any atom is 0.324 e. The van der Waals surface area contributed by atoms with Gasteiger partial charge in [-0.1, -0.05) is 20.8 Å². The molecule has 1 aliphatic heterocycles. The molecule has 0 aliphatic carbocycles. The molecule has 1 saturated heterocycles. The van der Waals surface area contributed by atoms with E-state index in [0.29, 0.717) is 12.5 Å². The Morgan fingerprint density at radius 2 is 1.85 bits per heavy atom. The first kappa shape index (κ1) is 16.9. The molecule has 0 bridgehead atoms. The van der Waals surface area contributed by atoms with Crippen LogP contribution in [-0.4, -0.2) is 49.9 Å². The van der Waals surface area contributed by atoms with E-state index in [1.807, 2.05) is 6.92 Å². The van der Waals surface area contributed by atoms with Crippen molar-refractivity contribution in [2.45, 2.75) is 39.7 Å². The third-order valence-corrected chi connectivity index (χ3v) is 4.23. The summed E-state index contributed by atoms with van der Waals surface area (Å²) in [6, 6.07) is -1.12. The SMILES string of the molecule is CC(C)CC(C)CN1C(=O)NC(CCS(C)(=O)=O)C1=O. The monoisotopic (exact) mass is 304 g/mol. The molecule has 2 atom stereocenters. The number of carbonyl (C=O) groups is 2. The van der Waals surface area contributed by atoms with Gasteiger partial charge in [0.2, 0.25) is 0 Å². The number of nitrogens with one attached hydrogen (secondary N) is 1. The molecule has 20 heavy (non-hydrogen) atoms. The quantitative estimate of drug-likeness (QED) is 0.712.